The topological polar surface area (TPSA) is 12.0 Å². The molecule has 1 aliphatic rings. The molecule has 1 aromatic rings. The smallest absolute Gasteiger partial charge is 0.0334 e. The molecule has 0 aromatic heterocycles. The van der Waals surface area contributed by atoms with Crippen molar-refractivity contribution in [2.24, 2.45) is 0 Å². The van der Waals surface area contributed by atoms with Crippen molar-refractivity contribution in [3.05, 3.63) is 28.2 Å². The highest BCUT2D eigenvalue weighted by atomic mass is 79.9. The Morgan fingerprint density at radius 2 is 2.25 bits per heavy atom. The van der Waals surface area contributed by atoms with E-state index in [1.165, 1.54) is 33.5 Å². The highest BCUT2D eigenvalue weighted by Crippen LogP contribution is 2.39. The normalized spacial score (nSPS) is 20.6. The van der Waals surface area contributed by atoms with Crippen LogP contribution in [0, 0.1) is 0 Å². The van der Waals surface area contributed by atoms with Crippen LogP contribution in [0.3, 0.4) is 0 Å². The van der Waals surface area contributed by atoms with E-state index < -0.39 is 0 Å². The van der Waals surface area contributed by atoms with Crippen molar-refractivity contribution in [1.29, 1.82) is 0 Å². The lowest BCUT2D eigenvalue weighted by Gasteiger charge is -2.22. The van der Waals surface area contributed by atoms with Gasteiger partial charge in [-0.2, -0.15) is 0 Å². The first-order valence-electron chi connectivity index (χ1n) is 5.85. The molecule has 16 heavy (non-hydrogen) atoms. The van der Waals surface area contributed by atoms with Gasteiger partial charge in [0.1, 0.15) is 0 Å². The molecule has 0 fully saturated rings. The highest BCUT2D eigenvalue weighted by Gasteiger charge is 2.20. The molecule has 0 saturated heterocycles. The Hall–Kier alpha value is 0.0100. The van der Waals surface area contributed by atoms with Gasteiger partial charge >= 0.3 is 0 Å². The second kappa shape index (κ2) is 5.56. The van der Waals surface area contributed by atoms with Crippen LogP contribution < -0.4 is 5.32 Å². The zero-order valence-electron chi connectivity index (χ0n) is 9.79. The summed E-state index contributed by atoms with van der Waals surface area (Å²) in [6.07, 6.45) is 2.53. The van der Waals surface area contributed by atoms with Crippen molar-refractivity contribution in [3.8, 4) is 0 Å². The number of thioether (sulfide) groups is 1. The molecule has 2 rings (SSSR count). The SMILES string of the molecule is CC(C)NC1CCCSc2c(Br)cccc21. The van der Waals surface area contributed by atoms with Crippen molar-refractivity contribution in [1.82, 2.24) is 5.32 Å². The van der Waals surface area contributed by atoms with Gasteiger partial charge in [-0.05, 0) is 46.2 Å². The summed E-state index contributed by atoms with van der Waals surface area (Å²) in [7, 11) is 0. The molecule has 0 bridgehead atoms. The molecule has 0 radical (unpaired) electrons. The summed E-state index contributed by atoms with van der Waals surface area (Å²) in [6, 6.07) is 7.61. The predicted octanol–water partition coefficient (Wildman–Crippen LogP) is 4.37. The van der Waals surface area contributed by atoms with Gasteiger partial charge in [0.2, 0.25) is 0 Å². The van der Waals surface area contributed by atoms with Crippen molar-refractivity contribution < 1.29 is 0 Å². The molecule has 1 aliphatic heterocycles. The number of halogens is 1. The molecule has 3 heteroatoms. The number of nitrogens with one attached hydrogen (secondary N) is 1. The fourth-order valence-electron chi connectivity index (χ4n) is 2.14. The highest BCUT2D eigenvalue weighted by molar-refractivity contribution is 9.10. The third-order valence-electron chi connectivity index (χ3n) is 2.79. The van der Waals surface area contributed by atoms with Crippen LogP contribution in [0.5, 0.6) is 0 Å². The minimum Gasteiger partial charge on any atom is -0.308 e. The Kier molecular flexibility index (Phi) is 4.34. The minimum absolute atomic E-state index is 0.516. The molecule has 0 aliphatic carbocycles. The third-order valence-corrected chi connectivity index (χ3v) is 4.95. The summed E-state index contributed by atoms with van der Waals surface area (Å²) in [4.78, 5) is 1.43. The van der Waals surface area contributed by atoms with E-state index in [4.69, 9.17) is 0 Å². The van der Waals surface area contributed by atoms with Crippen LogP contribution >= 0.6 is 27.7 Å². The molecular weight excluding hydrogens is 282 g/mol. The average Bonchev–Trinajstić information content (AvgIpc) is 2.42. The fraction of sp³-hybridized carbons (Fsp3) is 0.538. The number of hydrogen-bond donors (Lipinski definition) is 1. The molecule has 88 valence electrons. The number of benzene rings is 1. The summed E-state index contributed by atoms with van der Waals surface area (Å²) >= 11 is 5.64. The standard InChI is InChI=1S/C13H18BrNS/c1-9(2)15-12-7-4-8-16-13-10(12)5-3-6-11(13)14/h3,5-6,9,12,15H,4,7-8H2,1-2H3. The van der Waals surface area contributed by atoms with E-state index in [0.717, 1.165) is 0 Å². The van der Waals surface area contributed by atoms with Crippen molar-refractivity contribution >= 4 is 27.7 Å². The molecule has 1 nitrogen and oxygen atoms in total. The number of hydrogen-bond acceptors (Lipinski definition) is 2. The van der Waals surface area contributed by atoms with Crippen LogP contribution in [-0.2, 0) is 0 Å². The van der Waals surface area contributed by atoms with Gasteiger partial charge in [0, 0.05) is 21.5 Å². The number of rotatable bonds is 2. The largest absolute Gasteiger partial charge is 0.308 e. The summed E-state index contributed by atoms with van der Waals surface area (Å²) in [5, 5.41) is 3.67. The van der Waals surface area contributed by atoms with E-state index in [1.807, 2.05) is 11.8 Å². The van der Waals surface area contributed by atoms with Crippen LogP contribution in [-0.4, -0.2) is 11.8 Å². The quantitative estimate of drug-likeness (QED) is 0.870. The van der Waals surface area contributed by atoms with Crippen molar-refractivity contribution in [3.63, 3.8) is 0 Å². The molecule has 1 atom stereocenters. The predicted molar refractivity (Wildman–Crippen MR) is 75.1 cm³/mol. The molecule has 0 spiro atoms. The van der Waals surface area contributed by atoms with E-state index in [-0.39, 0.29) is 0 Å². The lowest BCUT2D eigenvalue weighted by molar-refractivity contribution is 0.447. The van der Waals surface area contributed by atoms with Gasteiger partial charge in [-0.1, -0.05) is 26.0 Å². The zero-order valence-corrected chi connectivity index (χ0v) is 12.2. The first-order chi connectivity index (χ1) is 7.68. The fourth-order valence-corrected chi connectivity index (χ4v) is 3.97. The van der Waals surface area contributed by atoms with Gasteiger partial charge in [-0.25, -0.2) is 0 Å². The Balaban J connectivity index is 2.33. The molecular formula is C13H18BrNS. The first-order valence-corrected chi connectivity index (χ1v) is 7.63. The zero-order chi connectivity index (χ0) is 11.5. The van der Waals surface area contributed by atoms with Gasteiger partial charge in [-0.3, -0.25) is 0 Å². The maximum atomic E-state index is 3.67. The van der Waals surface area contributed by atoms with Gasteiger partial charge in [0.25, 0.3) is 0 Å². The molecule has 1 N–H and O–H groups in total. The van der Waals surface area contributed by atoms with E-state index >= 15 is 0 Å². The summed E-state index contributed by atoms with van der Waals surface area (Å²) in [5.41, 5.74) is 1.46. The molecule has 1 heterocycles. The van der Waals surface area contributed by atoms with Crippen molar-refractivity contribution in [2.75, 3.05) is 5.75 Å². The second-order valence-electron chi connectivity index (χ2n) is 4.52. The Morgan fingerprint density at radius 3 is 3.00 bits per heavy atom. The van der Waals surface area contributed by atoms with Gasteiger partial charge in [0.15, 0.2) is 0 Å². The molecule has 0 amide bonds. The molecule has 1 unspecified atom stereocenters. The average molecular weight is 300 g/mol. The summed E-state index contributed by atoms with van der Waals surface area (Å²) in [5.74, 6) is 1.23. The second-order valence-corrected chi connectivity index (χ2v) is 6.48. The van der Waals surface area contributed by atoms with Crippen LogP contribution in [0.25, 0.3) is 0 Å². The summed E-state index contributed by atoms with van der Waals surface area (Å²) < 4.78 is 1.24. The van der Waals surface area contributed by atoms with E-state index in [9.17, 15) is 0 Å². The molecule has 0 saturated carbocycles. The lowest BCUT2D eigenvalue weighted by atomic mass is 10.0. The van der Waals surface area contributed by atoms with Crippen LogP contribution in [0.15, 0.2) is 27.6 Å². The van der Waals surface area contributed by atoms with Crippen LogP contribution in [0.1, 0.15) is 38.3 Å². The third kappa shape index (κ3) is 2.82. The van der Waals surface area contributed by atoms with E-state index in [0.29, 0.717) is 12.1 Å². The number of fused-ring (bicyclic) bond motifs is 1. The Labute approximate surface area is 111 Å². The lowest BCUT2D eigenvalue weighted by Crippen LogP contribution is -2.28. The van der Waals surface area contributed by atoms with Crippen LogP contribution in [0.4, 0.5) is 0 Å². The monoisotopic (exact) mass is 299 g/mol. The van der Waals surface area contributed by atoms with Gasteiger partial charge in [0.05, 0.1) is 0 Å². The van der Waals surface area contributed by atoms with Crippen LogP contribution in [0.2, 0.25) is 0 Å². The maximum absolute atomic E-state index is 3.67. The van der Waals surface area contributed by atoms with Gasteiger partial charge in [-0.15, -0.1) is 11.8 Å². The minimum atomic E-state index is 0.516. The summed E-state index contributed by atoms with van der Waals surface area (Å²) in [6.45, 7) is 4.44. The Morgan fingerprint density at radius 1 is 1.44 bits per heavy atom. The van der Waals surface area contributed by atoms with Crippen molar-refractivity contribution in [2.45, 2.75) is 43.7 Å². The Bertz CT molecular complexity index is 365. The maximum Gasteiger partial charge on any atom is 0.0334 e. The van der Waals surface area contributed by atoms with E-state index in [1.54, 1.807) is 0 Å². The molecule has 1 aromatic carbocycles. The van der Waals surface area contributed by atoms with Gasteiger partial charge < -0.3 is 5.32 Å². The first kappa shape index (κ1) is 12.5. The van der Waals surface area contributed by atoms with E-state index in [2.05, 4.69) is 53.3 Å².